The molecule has 0 bridgehead atoms. The van der Waals surface area contributed by atoms with Gasteiger partial charge in [0.25, 0.3) is 0 Å². The lowest BCUT2D eigenvalue weighted by molar-refractivity contribution is 0.175. The summed E-state index contributed by atoms with van der Waals surface area (Å²) < 4.78 is 5.13. The molecule has 1 aliphatic carbocycles. The molecule has 2 heteroatoms. The van der Waals surface area contributed by atoms with Crippen molar-refractivity contribution in [3.05, 3.63) is 0 Å². The van der Waals surface area contributed by atoms with E-state index in [-0.39, 0.29) is 0 Å². The highest BCUT2D eigenvalue weighted by Gasteiger charge is 2.14. The van der Waals surface area contributed by atoms with Gasteiger partial charge in [0.1, 0.15) is 0 Å². The minimum absolute atomic E-state index is 0.798. The molecule has 2 nitrogen and oxygen atoms in total. The summed E-state index contributed by atoms with van der Waals surface area (Å²) in [5.74, 6) is 1.76. The van der Waals surface area contributed by atoms with Crippen LogP contribution in [-0.2, 0) is 4.74 Å². The number of hydrogen-bond acceptors (Lipinski definition) is 2. The zero-order valence-corrected chi connectivity index (χ0v) is 10.4. The second kappa shape index (κ2) is 8.12. The van der Waals surface area contributed by atoms with Crippen LogP contribution in [0.3, 0.4) is 0 Å². The molecule has 0 aromatic rings. The van der Waals surface area contributed by atoms with Gasteiger partial charge in [0.15, 0.2) is 0 Å². The van der Waals surface area contributed by atoms with Gasteiger partial charge in [0.2, 0.25) is 0 Å². The Morgan fingerprint density at radius 2 is 2.07 bits per heavy atom. The third-order valence-electron chi connectivity index (χ3n) is 3.65. The summed E-state index contributed by atoms with van der Waals surface area (Å²) >= 11 is 0. The molecule has 1 N–H and O–H groups in total. The average molecular weight is 213 g/mol. The third-order valence-corrected chi connectivity index (χ3v) is 3.65. The number of methoxy groups -OCH3 is 1. The molecule has 0 aromatic carbocycles. The molecule has 1 unspecified atom stereocenters. The summed E-state index contributed by atoms with van der Waals surface area (Å²) in [4.78, 5) is 0. The zero-order valence-electron chi connectivity index (χ0n) is 10.4. The van der Waals surface area contributed by atoms with Crippen molar-refractivity contribution in [3.8, 4) is 0 Å². The molecule has 90 valence electrons. The Labute approximate surface area is 94.8 Å². The van der Waals surface area contributed by atoms with Gasteiger partial charge in [-0.05, 0) is 44.2 Å². The maximum Gasteiger partial charge on any atom is 0.0465 e. The minimum Gasteiger partial charge on any atom is -0.385 e. The number of hydrogen-bond donors (Lipinski definition) is 1. The molecule has 1 saturated carbocycles. The Kier molecular flexibility index (Phi) is 7.03. The van der Waals surface area contributed by atoms with Gasteiger partial charge in [-0.25, -0.2) is 0 Å². The van der Waals surface area contributed by atoms with Gasteiger partial charge < -0.3 is 10.1 Å². The minimum atomic E-state index is 0.798. The topological polar surface area (TPSA) is 21.3 Å². The fraction of sp³-hybridized carbons (Fsp3) is 1.00. The number of rotatable bonds is 8. The van der Waals surface area contributed by atoms with Crippen molar-refractivity contribution < 1.29 is 4.74 Å². The second-order valence-electron chi connectivity index (χ2n) is 4.86. The van der Waals surface area contributed by atoms with E-state index >= 15 is 0 Å². The zero-order chi connectivity index (χ0) is 10.9. The monoisotopic (exact) mass is 213 g/mol. The summed E-state index contributed by atoms with van der Waals surface area (Å²) in [7, 11) is 1.79. The van der Waals surface area contributed by atoms with Crippen LogP contribution in [0.5, 0.6) is 0 Å². The highest BCUT2D eigenvalue weighted by Crippen LogP contribution is 2.23. The number of ether oxygens (including phenoxy) is 1. The van der Waals surface area contributed by atoms with Gasteiger partial charge in [-0.15, -0.1) is 0 Å². The first-order valence-corrected chi connectivity index (χ1v) is 6.56. The van der Waals surface area contributed by atoms with Crippen molar-refractivity contribution in [2.24, 2.45) is 11.8 Å². The van der Waals surface area contributed by atoms with Crippen LogP contribution in [0.4, 0.5) is 0 Å². The van der Waals surface area contributed by atoms with Crippen LogP contribution in [0.1, 0.15) is 45.4 Å². The Morgan fingerprint density at radius 3 is 2.67 bits per heavy atom. The second-order valence-corrected chi connectivity index (χ2v) is 4.86. The molecule has 1 fully saturated rings. The number of nitrogens with one attached hydrogen (secondary N) is 1. The van der Waals surface area contributed by atoms with Crippen LogP contribution in [0.25, 0.3) is 0 Å². The van der Waals surface area contributed by atoms with Gasteiger partial charge >= 0.3 is 0 Å². The van der Waals surface area contributed by atoms with E-state index in [1.54, 1.807) is 7.11 Å². The Bertz CT molecular complexity index is 143. The van der Waals surface area contributed by atoms with E-state index in [9.17, 15) is 0 Å². The molecule has 0 saturated heterocycles. The molecule has 0 aromatic heterocycles. The highest BCUT2D eigenvalue weighted by atomic mass is 16.5. The fourth-order valence-corrected chi connectivity index (χ4v) is 2.44. The lowest BCUT2D eigenvalue weighted by Crippen LogP contribution is -2.27. The van der Waals surface area contributed by atoms with E-state index < -0.39 is 0 Å². The molecule has 1 rings (SSSR count). The van der Waals surface area contributed by atoms with Gasteiger partial charge in [-0.1, -0.05) is 26.2 Å². The average Bonchev–Trinajstić information content (AvgIpc) is 2.76. The summed E-state index contributed by atoms with van der Waals surface area (Å²) in [5, 5.41) is 3.63. The largest absolute Gasteiger partial charge is 0.385 e. The summed E-state index contributed by atoms with van der Waals surface area (Å²) in [6, 6.07) is 0. The van der Waals surface area contributed by atoms with Crippen LogP contribution < -0.4 is 5.32 Å². The van der Waals surface area contributed by atoms with Gasteiger partial charge in [-0.2, -0.15) is 0 Å². The van der Waals surface area contributed by atoms with Crippen LogP contribution in [0.15, 0.2) is 0 Å². The third kappa shape index (κ3) is 5.53. The lowest BCUT2D eigenvalue weighted by atomic mass is 10.0. The normalized spacial score (nSPS) is 19.6. The molecule has 0 amide bonds. The summed E-state index contributed by atoms with van der Waals surface area (Å²) in [6.45, 7) is 5.60. The first kappa shape index (κ1) is 13.0. The van der Waals surface area contributed by atoms with Crippen LogP contribution in [0.2, 0.25) is 0 Å². The van der Waals surface area contributed by atoms with Crippen LogP contribution >= 0.6 is 0 Å². The molecule has 0 spiro atoms. The summed E-state index contributed by atoms with van der Waals surface area (Å²) in [6.07, 6.45) is 8.26. The Hall–Kier alpha value is -0.0800. The van der Waals surface area contributed by atoms with Crippen molar-refractivity contribution >= 4 is 0 Å². The molecule has 0 heterocycles. The van der Waals surface area contributed by atoms with Crippen molar-refractivity contribution in [1.82, 2.24) is 5.32 Å². The molecule has 0 aliphatic heterocycles. The SMILES string of the molecule is CCC(CCOC)CNCC1CCCC1. The molecule has 0 radical (unpaired) electrons. The van der Waals surface area contributed by atoms with E-state index in [0.29, 0.717) is 0 Å². The van der Waals surface area contributed by atoms with Crippen molar-refractivity contribution in [2.75, 3.05) is 26.8 Å². The fourth-order valence-electron chi connectivity index (χ4n) is 2.44. The van der Waals surface area contributed by atoms with Crippen molar-refractivity contribution in [2.45, 2.75) is 45.4 Å². The smallest absolute Gasteiger partial charge is 0.0465 e. The first-order chi connectivity index (χ1) is 7.36. The van der Waals surface area contributed by atoms with E-state index in [4.69, 9.17) is 4.74 Å². The van der Waals surface area contributed by atoms with Gasteiger partial charge in [-0.3, -0.25) is 0 Å². The van der Waals surface area contributed by atoms with Crippen LogP contribution in [-0.4, -0.2) is 26.8 Å². The van der Waals surface area contributed by atoms with Crippen molar-refractivity contribution in [1.29, 1.82) is 0 Å². The van der Waals surface area contributed by atoms with E-state index in [2.05, 4.69) is 12.2 Å². The van der Waals surface area contributed by atoms with Crippen molar-refractivity contribution in [3.63, 3.8) is 0 Å². The van der Waals surface area contributed by atoms with Crippen LogP contribution in [0, 0.1) is 11.8 Å². The molecule has 1 aliphatic rings. The summed E-state index contributed by atoms with van der Waals surface area (Å²) in [5.41, 5.74) is 0. The highest BCUT2D eigenvalue weighted by molar-refractivity contribution is 4.70. The lowest BCUT2D eigenvalue weighted by Gasteiger charge is -2.17. The van der Waals surface area contributed by atoms with E-state index in [1.807, 2.05) is 0 Å². The van der Waals surface area contributed by atoms with Gasteiger partial charge in [0.05, 0.1) is 0 Å². The maximum absolute atomic E-state index is 5.13. The quantitative estimate of drug-likeness (QED) is 0.669. The first-order valence-electron chi connectivity index (χ1n) is 6.56. The Balaban J connectivity index is 2.00. The van der Waals surface area contributed by atoms with Gasteiger partial charge in [0, 0.05) is 13.7 Å². The molecule has 15 heavy (non-hydrogen) atoms. The Morgan fingerprint density at radius 1 is 1.33 bits per heavy atom. The predicted octanol–water partition coefficient (Wildman–Crippen LogP) is 2.83. The molecular formula is C13H27NO. The molecular weight excluding hydrogens is 186 g/mol. The van der Waals surface area contributed by atoms with E-state index in [1.165, 1.54) is 51.6 Å². The predicted molar refractivity (Wildman–Crippen MR) is 65.1 cm³/mol. The maximum atomic E-state index is 5.13. The molecule has 1 atom stereocenters. The standard InChI is InChI=1S/C13H27NO/c1-3-12(8-9-15-2)10-14-11-13-6-4-5-7-13/h12-14H,3-11H2,1-2H3. The van der Waals surface area contributed by atoms with E-state index in [0.717, 1.165) is 18.4 Å².